The molecule has 15 heavy (non-hydrogen) atoms. The molecule has 0 aliphatic heterocycles. The van der Waals surface area contributed by atoms with Crippen LogP contribution >= 0.6 is 0 Å². The molecular formula is C8H6F2O4S. The number of halogens is 2. The van der Waals surface area contributed by atoms with Crippen LogP contribution in [0.2, 0.25) is 0 Å². The quantitative estimate of drug-likeness (QED) is 0.573. The van der Waals surface area contributed by atoms with E-state index in [2.05, 4.69) is 4.74 Å². The van der Waals surface area contributed by atoms with Gasteiger partial charge in [-0.05, 0) is 18.2 Å². The molecule has 0 saturated carbocycles. The third-order valence-corrected chi connectivity index (χ3v) is 2.44. The number of carbonyl (C=O) groups is 1. The van der Waals surface area contributed by atoms with Gasteiger partial charge in [-0.25, -0.2) is 9.18 Å². The Morgan fingerprint density at radius 2 is 2.00 bits per heavy atom. The van der Waals surface area contributed by atoms with Crippen LogP contribution in [0.4, 0.5) is 8.28 Å². The number of rotatable bonds is 2. The maximum Gasteiger partial charge on any atom is 0.340 e. The third kappa shape index (κ3) is 2.50. The second kappa shape index (κ2) is 3.93. The van der Waals surface area contributed by atoms with Gasteiger partial charge in [0.15, 0.2) is 0 Å². The van der Waals surface area contributed by atoms with E-state index in [1.165, 1.54) is 0 Å². The maximum absolute atomic E-state index is 13.1. The molecule has 0 radical (unpaired) electrons. The van der Waals surface area contributed by atoms with Crippen molar-refractivity contribution in [3.05, 3.63) is 29.6 Å². The Bertz CT molecular complexity index is 495. The lowest BCUT2D eigenvalue weighted by atomic mass is 10.2. The molecule has 82 valence electrons. The molecule has 0 N–H and O–H groups in total. The van der Waals surface area contributed by atoms with Crippen LogP contribution in [0.15, 0.2) is 23.1 Å². The van der Waals surface area contributed by atoms with Gasteiger partial charge in [0, 0.05) is 0 Å². The average molecular weight is 236 g/mol. The SMILES string of the molecule is COC(=O)c1ccc(S(=O)(=O)F)cc1F. The van der Waals surface area contributed by atoms with E-state index < -0.39 is 32.5 Å². The van der Waals surface area contributed by atoms with E-state index in [1.807, 2.05) is 0 Å². The average Bonchev–Trinajstić information content (AvgIpc) is 2.15. The molecule has 4 nitrogen and oxygen atoms in total. The molecule has 0 aliphatic carbocycles. The summed E-state index contributed by atoms with van der Waals surface area (Å²) in [6, 6.07) is 2.04. The van der Waals surface area contributed by atoms with Crippen LogP contribution in [0.25, 0.3) is 0 Å². The molecule has 0 fully saturated rings. The minimum Gasteiger partial charge on any atom is -0.465 e. The molecule has 0 amide bonds. The molecule has 0 saturated heterocycles. The zero-order valence-corrected chi connectivity index (χ0v) is 8.35. The molecule has 1 aromatic carbocycles. The summed E-state index contributed by atoms with van der Waals surface area (Å²) in [5.41, 5.74) is -0.454. The van der Waals surface area contributed by atoms with E-state index in [1.54, 1.807) is 0 Å². The minimum atomic E-state index is -4.97. The van der Waals surface area contributed by atoms with Crippen LogP contribution in [0.3, 0.4) is 0 Å². The Morgan fingerprint density at radius 1 is 1.40 bits per heavy atom. The van der Waals surface area contributed by atoms with Crippen LogP contribution in [-0.2, 0) is 15.0 Å². The number of methoxy groups -OCH3 is 1. The Morgan fingerprint density at radius 3 is 2.40 bits per heavy atom. The van der Waals surface area contributed by atoms with Crippen molar-refractivity contribution < 1.29 is 26.2 Å². The van der Waals surface area contributed by atoms with Crippen LogP contribution in [0.5, 0.6) is 0 Å². The summed E-state index contributed by atoms with van der Waals surface area (Å²) >= 11 is 0. The summed E-state index contributed by atoms with van der Waals surface area (Å²) in [6.07, 6.45) is 0. The van der Waals surface area contributed by atoms with Crippen LogP contribution < -0.4 is 0 Å². The maximum atomic E-state index is 13.1. The van der Waals surface area contributed by atoms with Crippen LogP contribution in [-0.4, -0.2) is 21.5 Å². The molecular weight excluding hydrogens is 230 g/mol. The highest BCUT2D eigenvalue weighted by Gasteiger charge is 2.18. The summed E-state index contributed by atoms with van der Waals surface area (Å²) in [7, 11) is -3.92. The van der Waals surface area contributed by atoms with Crippen LogP contribution in [0.1, 0.15) is 10.4 Å². The van der Waals surface area contributed by atoms with Gasteiger partial charge in [-0.1, -0.05) is 0 Å². The predicted molar refractivity (Wildman–Crippen MR) is 46.0 cm³/mol. The van der Waals surface area contributed by atoms with Gasteiger partial charge in [-0.2, -0.15) is 8.42 Å². The van der Waals surface area contributed by atoms with E-state index >= 15 is 0 Å². The van der Waals surface area contributed by atoms with Gasteiger partial charge in [0.2, 0.25) is 0 Å². The summed E-state index contributed by atoms with van der Waals surface area (Å²) in [6.45, 7) is 0. The standard InChI is InChI=1S/C8H6F2O4S/c1-14-8(11)6-3-2-5(4-7(6)9)15(10,12)13/h2-4H,1H3. The highest BCUT2D eigenvalue weighted by atomic mass is 32.3. The number of hydrogen-bond acceptors (Lipinski definition) is 4. The van der Waals surface area contributed by atoms with E-state index in [-0.39, 0.29) is 0 Å². The largest absolute Gasteiger partial charge is 0.465 e. The van der Waals surface area contributed by atoms with Gasteiger partial charge in [0.25, 0.3) is 0 Å². The second-order valence-corrected chi connectivity index (χ2v) is 3.92. The Hall–Kier alpha value is -1.50. The highest BCUT2D eigenvalue weighted by Crippen LogP contribution is 2.17. The molecule has 0 bridgehead atoms. The molecule has 0 spiro atoms. The summed E-state index contributed by atoms with van der Waals surface area (Å²) in [5, 5.41) is 0. The molecule has 0 aromatic heterocycles. The zero-order chi connectivity index (χ0) is 11.6. The third-order valence-electron chi connectivity index (χ3n) is 1.63. The Labute approximate surface area is 84.7 Å². The molecule has 1 aromatic rings. The van der Waals surface area contributed by atoms with Crippen molar-refractivity contribution in [2.75, 3.05) is 7.11 Å². The van der Waals surface area contributed by atoms with Crippen molar-refractivity contribution in [2.45, 2.75) is 4.90 Å². The lowest BCUT2D eigenvalue weighted by Crippen LogP contribution is -2.05. The first kappa shape index (κ1) is 11.6. The van der Waals surface area contributed by atoms with Crippen molar-refractivity contribution in [2.24, 2.45) is 0 Å². The first-order chi connectivity index (χ1) is 6.86. The fraction of sp³-hybridized carbons (Fsp3) is 0.125. The number of hydrogen-bond donors (Lipinski definition) is 0. The zero-order valence-electron chi connectivity index (χ0n) is 7.53. The van der Waals surface area contributed by atoms with Crippen molar-refractivity contribution >= 4 is 16.2 Å². The lowest BCUT2D eigenvalue weighted by molar-refractivity contribution is 0.0595. The highest BCUT2D eigenvalue weighted by molar-refractivity contribution is 7.86. The van der Waals surface area contributed by atoms with E-state index in [0.29, 0.717) is 6.07 Å². The number of esters is 1. The molecule has 0 unspecified atom stereocenters. The summed E-state index contributed by atoms with van der Waals surface area (Å²) in [4.78, 5) is 10.0. The normalized spacial score (nSPS) is 11.1. The van der Waals surface area contributed by atoms with Gasteiger partial charge in [-0.15, -0.1) is 3.89 Å². The van der Waals surface area contributed by atoms with E-state index in [4.69, 9.17) is 0 Å². The van der Waals surface area contributed by atoms with Gasteiger partial charge >= 0.3 is 16.2 Å². The molecule has 1 rings (SSSR count). The fourth-order valence-electron chi connectivity index (χ4n) is 0.923. The molecule has 7 heteroatoms. The second-order valence-electron chi connectivity index (χ2n) is 2.57. The fourth-order valence-corrected chi connectivity index (χ4v) is 1.40. The number of ether oxygens (including phenoxy) is 1. The smallest absolute Gasteiger partial charge is 0.340 e. The molecule has 0 heterocycles. The van der Waals surface area contributed by atoms with Gasteiger partial charge in [-0.3, -0.25) is 0 Å². The van der Waals surface area contributed by atoms with Crippen molar-refractivity contribution in [1.82, 2.24) is 0 Å². The van der Waals surface area contributed by atoms with E-state index in [9.17, 15) is 21.5 Å². The predicted octanol–water partition coefficient (Wildman–Crippen LogP) is 1.27. The lowest BCUT2D eigenvalue weighted by Gasteiger charge is -2.01. The van der Waals surface area contributed by atoms with Gasteiger partial charge in [0.1, 0.15) is 10.7 Å². The van der Waals surface area contributed by atoms with Crippen molar-refractivity contribution in [3.8, 4) is 0 Å². The van der Waals surface area contributed by atoms with Gasteiger partial charge in [0.05, 0.1) is 12.7 Å². The van der Waals surface area contributed by atoms with Crippen molar-refractivity contribution in [1.29, 1.82) is 0 Å². The molecule has 0 aliphatic rings. The Balaban J connectivity index is 3.27. The monoisotopic (exact) mass is 236 g/mol. The minimum absolute atomic E-state index is 0.418. The van der Waals surface area contributed by atoms with Crippen LogP contribution in [0, 0.1) is 5.82 Å². The topological polar surface area (TPSA) is 60.4 Å². The number of carbonyl (C=O) groups excluding carboxylic acids is 1. The molecule has 0 atom stereocenters. The first-order valence-corrected chi connectivity index (χ1v) is 5.07. The van der Waals surface area contributed by atoms with E-state index in [0.717, 1.165) is 19.2 Å². The van der Waals surface area contributed by atoms with Gasteiger partial charge < -0.3 is 4.74 Å². The first-order valence-electron chi connectivity index (χ1n) is 3.69. The Kier molecular flexibility index (Phi) is 3.04. The number of benzene rings is 1. The summed E-state index contributed by atoms with van der Waals surface area (Å²) in [5.74, 6) is -2.11. The van der Waals surface area contributed by atoms with Crippen molar-refractivity contribution in [3.63, 3.8) is 0 Å². The summed E-state index contributed by atoms with van der Waals surface area (Å²) < 4.78 is 50.5.